The second-order valence-corrected chi connectivity index (χ2v) is 11.5. The van der Waals surface area contributed by atoms with Gasteiger partial charge in [0.1, 0.15) is 12.1 Å². The minimum atomic E-state index is -1.25. The van der Waals surface area contributed by atoms with E-state index in [1.807, 2.05) is 42.5 Å². The molecule has 3 aromatic rings. The van der Waals surface area contributed by atoms with Crippen molar-refractivity contribution in [3.8, 4) is 11.1 Å². The van der Waals surface area contributed by atoms with Crippen LogP contribution in [-0.2, 0) is 20.9 Å². The van der Waals surface area contributed by atoms with Crippen molar-refractivity contribution in [2.24, 2.45) is 5.92 Å². The number of nitrogens with zero attached hydrogens (tertiary/aromatic N) is 1. The van der Waals surface area contributed by atoms with Crippen molar-refractivity contribution in [2.75, 3.05) is 19.7 Å². The van der Waals surface area contributed by atoms with Crippen LogP contribution in [0.5, 0.6) is 0 Å². The van der Waals surface area contributed by atoms with Crippen LogP contribution in [0.1, 0.15) is 48.3 Å². The number of carboxylic acid groups (broad SMARTS) is 1. The van der Waals surface area contributed by atoms with E-state index in [-0.39, 0.29) is 30.4 Å². The predicted molar refractivity (Wildman–Crippen MR) is 154 cm³/mol. The average molecular weight is 554 g/mol. The molecule has 0 aromatic heterocycles. The standard InChI is InChI=1S/C33H35N3O5/c37-30(35-33(31(38)39)14-16-36(17-15-33)20-22-8-2-1-3-9-22)23-18-24(19-23)34-32(40)41-21-29-27-12-6-4-10-25(27)26-11-5-7-13-28(26)29/h1-13,23-24,29H,14-21H2,(H,34,40)(H,35,37)(H,38,39). The van der Waals surface area contributed by atoms with Gasteiger partial charge in [-0.05, 0) is 53.5 Å². The van der Waals surface area contributed by atoms with Crippen LogP contribution in [0.4, 0.5) is 4.79 Å². The summed E-state index contributed by atoms with van der Waals surface area (Å²) in [7, 11) is 0. The fraction of sp³-hybridized carbons (Fsp3) is 0.364. The van der Waals surface area contributed by atoms with Crippen LogP contribution in [0, 0.1) is 5.92 Å². The molecule has 2 aliphatic carbocycles. The van der Waals surface area contributed by atoms with E-state index in [0.29, 0.717) is 38.8 Å². The number of hydrogen-bond acceptors (Lipinski definition) is 5. The lowest BCUT2D eigenvalue weighted by Gasteiger charge is -2.42. The molecule has 1 heterocycles. The molecule has 2 fully saturated rings. The van der Waals surface area contributed by atoms with Gasteiger partial charge in [-0.1, -0.05) is 78.9 Å². The highest BCUT2D eigenvalue weighted by Crippen LogP contribution is 2.44. The number of alkyl carbamates (subject to hydrolysis) is 1. The third kappa shape index (κ3) is 5.57. The number of piperidine rings is 1. The van der Waals surface area contributed by atoms with Gasteiger partial charge >= 0.3 is 12.1 Å². The van der Waals surface area contributed by atoms with Gasteiger partial charge < -0.3 is 20.5 Å². The molecule has 0 radical (unpaired) electrons. The van der Waals surface area contributed by atoms with Crippen molar-refractivity contribution in [2.45, 2.75) is 49.7 Å². The first-order chi connectivity index (χ1) is 19.9. The van der Waals surface area contributed by atoms with Gasteiger partial charge in [-0.15, -0.1) is 0 Å². The molecule has 0 spiro atoms. The fourth-order valence-corrected chi connectivity index (χ4v) is 6.42. The highest BCUT2D eigenvalue weighted by molar-refractivity contribution is 5.89. The quantitative estimate of drug-likeness (QED) is 0.378. The number of benzene rings is 3. The molecule has 3 N–H and O–H groups in total. The molecule has 0 atom stereocenters. The average Bonchev–Trinajstić information content (AvgIpc) is 3.28. The Bertz CT molecular complexity index is 1380. The zero-order chi connectivity index (χ0) is 28.4. The van der Waals surface area contributed by atoms with Gasteiger partial charge in [0, 0.05) is 37.5 Å². The summed E-state index contributed by atoms with van der Waals surface area (Å²) in [6, 6.07) is 26.3. The van der Waals surface area contributed by atoms with Crippen LogP contribution < -0.4 is 10.6 Å². The van der Waals surface area contributed by atoms with Crippen molar-refractivity contribution in [3.05, 3.63) is 95.6 Å². The van der Waals surface area contributed by atoms with Crippen LogP contribution in [0.15, 0.2) is 78.9 Å². The summed E-state index contributed by atoms with van der Waals surface area (Å²) >= 11 is 0. The Morgan fingerprint density at radius 1 is 0.854 bits per heavy atom. The summed E-state index contributed by atoms with van der Waals surface area (Å²) in [5.41, 5.74) is 4.58. The third-order valence-electron chi connectivity index (χ3n) is 8.90. The van der Waals surface area contributed by atoms with E-state index in [1.165, 1.54) is 16.7 Å². The van der Waals surface area contributed by atoms with E-state index < -0.39 is 17.6 Å². The van der Waals surface area contributed by atoms with Crippen LogP contribution in [0.3, 0.4) is 0 Å². The lowest BCUT2D eigenvalue weighted by atomic mass is 9.78. The third-order valence-corrected chi connectivity index (χ3v) is 8.90. The fourth-order valence-electron chi connectivity index (χ4n) is 6.42. The normalized spacial score (nSPS) is 21.2. The molecule has 41 heavy (non-hydrogen) atoms. The molecule has 1 aliphatic heterocycles. The first kappa shape index (κ1) is 27.0. The number of rotatable bonds is 8. The summed E-state index contributed by atoms with van der Waals surface area (Å²) in [4.78, 5) is 40.1. The predicted octanol–water partition coefficient (Wildman–Crippen LogP) is 4.54. The number of carbonyl (C=O) groups is 3. The summed E-state index contributed by atoms with van der Waals surface area (Å²) < 4.78 is 5.63. The van der Waals surface area contributed by atoms with Gasteiger partial charge in [-0.3, -0.25) is 9.69 Å². The highest BCUT2D eigenvalue weighted by atomic mass is 16.5. The second kappa shape index (κ2) is 11.4. The maximum Gasteiger partial charge on any atom is 0.407 e. The molecule has 0 bridgehead atoms. The molecule has 0 unspecified atom stereocenters. The number of carbonyl (C=O) groups excluding carboxylic acids is 2. The zero-order valence-electron chi connectivity index (χ0n) is 22.9. The van der Waals surface area contributed by atoms with Crippen molar-refractivity contribution in [3.63, 3.8) is 0 Å². The molecule has 212 valence electrons. The lowest BCUT2D eigenvalue weighted by Crippen LogP contribution is -2.62. The topological polar surface area (TPSA) is 108 Å². The largest absolute Gasteiger partial charge is 0.480 e. The van der Waals surface area contributed by atoms with Crippen molar-refractivity contribution in [1.82, 2.24) is 15.5 Å². The Hall–Kier alpha value is -4.17. The van der Waals surface area contributed by atoms with Gasteiger partial charge in [0.25, 0.3) is 0 Å². The summed E-state index contributed by atoms with van der Waals surface area (Å²) in [6.45, 7) is 2.19. The minimum Gasteiger partial charge on any atom is -0.480 e. The van der Waals surface area contributed by atoms with Crippen molar-refractivity contribution >= 4 is 18.0 Å². The minimum absolute atomic E-state index is 0.0145. The molecule has 1 saturated carbocycles. The SMILES string of the molecule is O=C(NC1CC(C(=O)NC2(C(=O)O)CCN(Cc3ccccc3)CC2)C1)OCC1c2ccccc2-c2ccccc21. The first-order valence-corrected chi connectivity index (χ1v) is 14.3. The number of aliphatic carboxylic acids is 1. The maximum atomic E-state index is 13.0. The summed E-state index contributed by atoms with van der Waals surface area (Å²) in [5, 5.41) is 15.8. The van der Waals surface area contributed by atoms with E-state index in [2.05, 4.69) is 51.9 Å². The molecular formula is C33H35N3O5. The van der Waals surface area contributed by atoms with Gasteiger partial charge in [0.15, 0.2) is 0 Å². The number of ether oxygens (including phenoxy) is 1. The Balaban J connectivity index is 0.965. The highest BCUT2D eigenvalue weighted by Gasteiger charge is 2.46. The second-order valence-electron chi connectivity index (χ2n) is 11.5. The lowest BCUT2D eigenvalue weighted by molar-refractivity contribution is -0.151. The molecular weight excluding hydrogens is 518 g/mol. The number of carboxylic acids is 1. The summed E-state index contributed by atoms with van der Waals surface area (Å²) in [5.74, 6) is -1.58. The van der Waals surface area contributed by atoms with Crippen molar-refractivity contribution < 1.29 is 24.2 Å². The van der Waals surface area contributed by atoms with E-state index in [0.717, 1.165) is 17.7 Å². The smallest absolute Gasteiger partial charge is 0.407 e. The maximum absolute atomic E-state index is 13.0. The Labute approximate surface area is 239 Å². The van der Waals surface area contributed by atoms with Crippen LogP contribution in [0.2, 0.25) is 0 Å². The molecule has 3 aromatic carbocycles. The molecule has 8 nitrogen and oxygen atoms in total. The van der Waals surface area contributed by atoms with E-state index in [4.69, 9.17) is 4.74 Å². The monoisotopic (exact) mass is 553 g/mol. The molecule has 1 saturated heterocycles. The number of amides is 2. The summed E-state index contributed by atoms with van der Waals surface area (Å²) in [6.07, 6.45) is 1.14. The van der Waals surface area contributed by atoms with Gasteiger partial charge in [0.2, 0.25) is 5.91 Å². The van der Waals surface area contributed by atoms with Gasteiger partial charge in [-0.25, -0.2) is 9.59 Å². The van der Waals surface area contributed by atoms with E-state index >= 15 is 0 Å². The molecule has 3 aliphatic rings. The van der Waals surface area contributed by atoms with E-state index in [9.17, 15) is 19.5 Å². The van der Waals surface area contributed by atoms with Crippen LogP contribution in [0.25, 0.3) is 11.1 Å². The first-order valence-electron chi connectivity index (χ1n) is 14.3. The van der Waals surface area contributed by atoms with Gasteiger partial charge in [-0.2, -0.15) is 0 Å². The Kier molecular flexibility index (Phi) is 7.49. The zero-order valence-corrected chi connectivity index (χ0v) is 22.9. The number of hydrogen-bond donors (Lipinski definition) is 3. The van der Waals surface area contributed by atoms with E-state index in [1.54, 1.807) is 0 Å². The molecule has 8 heteroatoms. The number of fused-ring (bicyclic) bond motifs is 3. The Morgan fingerprint density at radius 2 is 1.44 bits per heavy atom. The van der Waals surface area contributed by atoms with Gasteiger partial charge in [0.05, 0.1) is 0 Å². The Morgan fingerprint density at radius 3 is 2.05 bits per heavy atom. The molecule has 2 amide bonds. The van der Waals surface area contributed by atoms with Crippen molar-refractivity contribution in [1.29, 1.82) is 0 Å². The van der Waals surface area contributed by atoms with Crippen LogP contribution in [-0.4, -0.2) is 59.3 Å². The van der Waals surface area contributed by atoms with Crippen LogP contribution >= 0.6 is 0 Å². The molecule has 6 rings (SSSR count). The number of likely N-dealkylation sites (tertiary alicyclic amines) is 1. The number of nitrogens with one attached hydrogen (secondary N) is 2.